The van der Waals surface area contributed by atoms with Crippen molar-refractivity contribution in [2.75, 3.05) is 13.1 Å². The van der Waals surface area contributed by atoms with E-state index in [0.717, 1.165) is 11.1 Å². The van der Waals surface area contributed by atoms with Gasteiger partial charge in [-0.15, -0.1) is 0 Å². The number of hydrogen-bond donors (Lipinski definition) is 2. The molecule has 4 nitrogen and oxygen atoms in total. The minimum absolute atomic E-state index is 0.560. The fourth-order valence-corrected chi connectivity index (χ4v) is 4.51. The van der Waals surface area contributed by atoms with Crippen molar-refractivity contribution < 1.29 is 14.4 Å². The quantitative estimate of drug-likeness (QED) is 0.605. The molecule has 5 heteroatoms. The maximum absolute atomic E-state index is 10.7. The molecule has 0 spiro atoms. The molecule has 0 saturated carbocycles. The van der Waals surface area contributed by atoms with Gasteiger partial charge in [-0.05, 0) is 0 Å². The molecule has 0 bridgehead atoms. The van der Waals surface area contributed by atoms with Crippen molar-refractivity contribution in [1.82, 2.24) is 5.06 Å². The van der Waals surface area contributed by atoms with Gasteiger partial charge in [0.2, 0.25) is 0 Å². The van der Waals surface area contributed by atoms with E-state index in [2.05, 4.69) is 0 Å². The maximum atomic E-state index is 10.7. The van der Waals surface area contributed by atoms with Crippen LogP contribution in [0.2, 0.25) is 0 Å². The number of nitrogens with zero attached hydrogens (tertiary/aromatic N) is 1. The number of hydrogen-bond acceptors (Lipinski definition) is 4. The normalized spacial score (nSPS) is 12.8. The topological polar surface area (TPSA) is 52.9 Å². The van der Waals surface area contributed by atoms with Gasteiger partial charge in [0.25, 0.3) is 0 Å². The summed E-state index contributed by atoms with van der Waals surface area (Å²) in [5.74, 6) is 0. The number of rotatable bonds is 7. The second kappa shape index (κ2) is 7.82. The van der Waals surface area contributed by atoms with Crippen LogP contribution >= 0.6 is 7.94 Å². The van der Waals surface area contributed by atoms with Gasteiger partial charge in [0, 0.05) is 0 Å². The Hall–Kier alpha value is -1.29. The van der Waals surface area contributed by atoms with E-state index < -0.39 is 13.6 Å². The third-order valence-corrected chi connectivity index (χ3v) is 5.56. The molecule has 0 aliphatic heterocycles. The van der Waals surface area contributed by atoms with Crippen molar-refractivity contribution in [1.29, 1.82) is 0 Å². The average molecular weight is 321 g/mol. The summed E-state index contributed by atoms with van der Waals surface area (Å²) in [6.45, 7) is 5.05. The van der Waals surface area contributed by atoms with Gasteiger partial charge in [-0.25, -0.2) is 0 Å². The summed E-state index contributed by atoms with van der Waals surface area (Å²) in [5.41, 5.74) is 1.13. The number of benzene rings is 2. The van der Waals surface area contributed by atoms with Crippen LogP contribution in [0.1, 0.15) is 30.6 Å². The van der Waals surface area contributed by atoms with E-state index in [4.69, 9.17) is 4.62 Å². The Balaban J connectivity index is 2.40. The molecule has 0 fully saturated rings. The van der Waals surface area contributed by atoms with Crippen LogP contribution in [0.25, 0.3) is 0 Å². The van der Waals surface area contributed by atoms with Crippen molar-refractivity contribution in [2.45, 2.75) is 19.5 Å². The molecule has 120 valence electrons. The summed E-state index contributed by atoms with van der Waals surface area (Å²) in [6, 6.07) is 19.0. The predicted octanol–water partition coefficient (Wildman–Crippen LogP) is 3.53. The van der Waals surface area contributed by atoms with Crippen LogP contribution in [0, 0.1) is 0 Å². The van der Waals surface area contributed by atoms with Gasteiger partial charge in [0.15, 0.2) is 0 Å². The first-order valence-corrected chi connectivity index (χ1v) is 9.45. The van der Waals surface area contributed by atoms with E-state index in [1.807, 2.05) is 74.5 Å². The summed E-state index contributed by atoms with van der Waals surface area (Å²) in [6.07, 6.45) is 0. The van der Waals surface area contributed by atoms with E-state index >= 15 is 0 Å². The van der Waals surface area contributed by atoms with Crippen LogP contribution in [0.5, 0.6) is 0 Å². The van der Waals surface area contributed by atoms with Gasteiger partial charge in [0.05, 0.1) is 0 Å². The average Bonchev–Trinajstić information content (AvgIpc) is 2.54. The first kappa shape index (κ1) is 17.1. The third-order valence-electron chi connectivity index (χ3n) is 3.61. The van der Waals surface area contributed by atoms with Gasteiger partial charge < -0.3 is 0 Å². The minimum atomic E-state index is -3.99. The Kier molecular flexibility index (Phi) is 6.07. The molecule has 0 atom stereocenters. The van der Waals surface area contributed by atoms with Gasteiger partial charge in [-0.2, -0.15) is 0 Å². The molecular formula is C17H24NO3P. The van der Waals surface area contributed by atoms with Crippen molar-refractivity contribution in [3.05, 3.63) is 71.8 Å². The second-order valence-electron chi connectivity index (χ2n) is 5.12. The molecule has 0 radical (unpaired) electrons. The molecule has 0 saturated heterocycles. The molecular weight excluding hydrogens is 297 g/mol. The molecule has 0 aliphatic rings. The monoisotopic (exact) mass is 321 g/mol. The van der Waals surface area contributed by atoms with Crippen LogP contribution in [-0.4, -0.2) is 27.9 Å². The molecule has 0 aromatic heterocycles. The molecule has 2 N–H and O–H groups in total. The van der Waals surface area contributed by atoms with Crippen LogP contribution in [-0.2, 0) is 4.62 Å². The zero-order valence-corrected chi connectivity index (χ0v) is 14.0. The molecule has 0 heterocycles. The van der Waals surface area contributed by atoms with Crippen LogP contribution in [0.3, 0.4) is 0 Å². The van der Waals surface area contributed by atoms with Crippen molar-refractivity contribution >= 4 is 7.94 Å². The zero-order valence-electron chi connectivity index (χ0n) is 13.0. The molecule has 22 heavy (non-hydrogen) atoms. The Morgan fingerprint density at radius 3 is 1.64 bits per heavy atom. The van der Waals surface area contributed by atoms with E-state index in [1.54, 1.807) is 5.06 Å². The summed E-state index contributed by atoms with van der Waals surface area (Å²) >= 11 is 0. The number of hydroxylamine groups is 2. The molecule has 2 rings (SSSR count). The first-order chi connectivity index (χ1) is 10.6. The molecule has 0 amide bonds. The van der Waals surface area contributed by atoms with Gasteiger partial charge in [0.1, 0.15) is 0 Å². The van der Waals surface area contributed by atoms with E-state index in [-0.39, 0.29) is 0 Å². The zero-order chi connectivity index (χ0) is 16.0. The Labute approximate surface area is 132 Å². The molecule has 2 aromatic carbocycles. The molecule has 0 unspecified atom stereocenters. The van der Waals surface area contributed by atoms with E-state index in [9.17, 15) is 9.79 Å². The van der Waals surface area contributed by atoms with Gasteiger partial charge in [-0.3, -0.25) is 0 Å². The molecule has 2 aromatic rings. The summed E-state index contributed by atoms with van der Waals surface area (Å²) in [5, 5.41) is 1.59. The van der Waals surface area contributed by atoms with Gasteiger partial charge >= 0.3 is 132 Å². The van der Waals surface area contributed by atoms with Crippen LogP contribution < -0.4 is 0 Å². The molecule has 0 aliphatic carbocycles. The summed E-state index contributed by atoms with van der Waals surface area (Å²) in [7, 11) is -3.99. The Bertz CT molecular complexity index is 519. The summed E-state index contributed by atoms with van der Waals surface area (Å²) < 4.78 is 5.59. The third kappa shape index (κ3) is 4.13. The Morgan fingerprint density at radius 1 is 0.864 bits per heavy atom. The Morgan fingerprint density at radius 2 is 1.27 bits per heavy atom. The van der Waals surface area contributed by atoms with Gasteiger partial charge in [-0.1, -0.05) is 0 Å². The fraction of sp³-hybridized carbons (Fsp3) is 0.294. The summed E-state index contributed by atoms with van der Waals surface area (Å²) in [4.78, 5) is 21.5. The van der Waals surface area contributed by atoms with E-state index in [0.29, 0.717) is 13.1 Å². The van der Waals surface area contributed by atoms with Crippen LogP contribution in [0.4, 0.5) is 0 Å². The van der Waals surface area contributed by atoms with Crippen molar-refractivity contribution in [3.8, 4) is 0 Å². The van der Waals surface area contributed by atoms with Crippen molar-refractivity contribution in [3.63, 3.8) is 0 Å². The first-order valence-electron chi connectivity index (χ1n) is 7.57. The van der Waals surface area contributed by atoms with E-state index in [1.165, 1.54) is 0 Å². The predicted molar refractivity (Wildman–Crippen MR) is 91.5 cm³/mol. The second-order valence-corrected chi connectivity index (χ2v) is 7.20. The van der Waals surface area contributed by atoms with Crippen molar-refractivity contribution in [2.24, 2.45) is 0 Å². The van der Waals surface area contributed by atoms with Crippen LogP contribution in [0.15, 0.2) is 60.7 Å². The standard InChI is InChI=1S/C17H24NO3P/c1-3-18(4-2)21-22(19,20)17(15-11-7-5-8-12-15)16-13-9-6-10-14-16/h5-14,17,19-20,22H,3-4H2,1-2H3. The fourth-order valence-electron chi connectivity index (χ4n) is 2.51. The SMILES string of the molecule is CCN(CC)O[PH](O)(O)C(c1ccccc1)c1ccccc1.